The first kappa shape index (κ1) is 16.6. The molecule has 5 heteroatoms. The van der Waals surface area contributed by atoms with Crippen LogP contribution in [0.5, 0.6) is 11.5 Å². The first-order valence-corrected chi connectivity index (χ1v) is 7.86. The average Bonchev–Trinajstić information content (AvgIpc) is 2.53. The van der Waals surface area contributed by atoms with Crippen LogP contribution in [0.15, 0.2) is 18.2 Å². The zero-order valence-corrected chi connectivity index (χ0v) is 13.7. The molecule has 0 spiro atoms. The van der Waals surface area contributed by atoms with Gasteiger partial charge in [-0.1, -0.05) is 6.92 Å². The molecule has 1 aromatic rings. The van der Waals surface area contributed by atoms with Gasteiger partial charge in [-0.05, 0) is 37.4 Å². The minimum Gasteiger partial charge on any atom is -0.493 e. The lowest BCUT2D eigenvalue weighted by Crippen LogP contribution is -2.36. The van der Waals surface area contributed by atoms with Crippen LogP contribution in [0.4, 0.5) is 5.69 Å². The number of benzene rings is 1. The monoisotopic (exact) mass is 306 g/mol. The van der Waals surface area contributed by atoms with E-state index in [4.69, 9.17) is 9.47 Å². The van der Waals surface area contributed by atoms with Crippen molar-refractivity contribution in [3.63, 3.8) is 0 Å². The Morgan fingerprint density at radius 3 is 2.77 bits per heavy atom. The second-order valence-corrected chi connectivity index (χ2v) is 5.92. The molecular weight excluding hydrogens is 280 g/mol. The highest BCUT2D eigenvalue weighted by atomic mass is 16.5. The molecule has 0 radical (unpaired) electrons. The molecule has 1 unspecified atom stereocenters. The first-order valence-electron chi connectivity index (χ1n) is 7.86. The fourth-order valence-corrected chi connectivity index (χ4v) is 2.89. The normalized spacial score (nSPS) is 18.8. The van der Waals surface area contributed by atoms with E-state index in [0.29, 0.717) is 17.9 Å². The van der Waals surface area contributed by atoms with Gasteiger partial charge < -0.3 is 19.7 Å². The van der Waals surface area contributed by atoms with E-state index in [0.717, 1.165) is 31.2 Å². The maximum absolute atomic E-state index is 12.1. The Balaban J connectivity index is 1.84. The van der Waals surface area contributed by atoms with Crippen molar-refractivity contribution in [2.75, 3.05) is 39.2 Å². The third-order valence-corrected chi connectivity index (χ3v) is 4.06. The minimum atomic E-state index is 0.0328. The van der Waals surface area contributed by atoms with E-state index in [1.807, 2.05) is 6.07 Å². The number of nitrogens with one attached hydrogen (secondary N) is 1. The predicted molar refractivity (Wildman–Crippen MR) is 87.6 cm³/mol. The van der Waals surface area contributed by atoms with Crippen molar-refractivity contribution in [3.05, 3.63) is 18.2 Å². The van der Waals surface area contributed by atoms with Crippen LogP contribution in [0.1, 0.15) is 26.2 Å². The largest absolute Gasteiger partial charge is 0.493 e. The van der Waals surface area contributed by atoms with E-state index in [-0.39, 0.29) is 5.91 Å². The van der Waals surface area contributed by atoms with E-state index >= 15 is 0 Å². The van der Waals surface area contributed by atoms with Crippen molar-refractivity contribution in [1.29, 1.82) is 0 Å². The summed E-state index contributed by atoms with van der Waals surface area (Å²) in [5.74, 6) is 2.04. The molecule has 0 bridgehead atoms. The van der Waals surface area contributed by atoms with Gasteiger partial charge in [0, 0.05) is 31.3 Å². The van der Waals surface area contributed by atoms with E-state index in [9.17, 15) is 4.79 Å². The highest BCUT2D eigenvalue weighted by Gasteiger charge is 2.17. The number of rotatable bonds is 6. The maximum Gasteiger partial charge on any atom is 0.225 e. The van der Waals surface area contributed by atoms with Crippen molar-refractivity contribution >= 4 is 11.6 Å². The number of amides is 1. The summed E-state index contributed by atoms with van der Waals surface area (Å²) in [6.07, 6.45) is 3.05. The molecular formula is C17H26N2O3. The van der Waals surface area contributed by atoms with Gasteiger partial charge in [-0.3, -0.25) is 4.79 Å². The standard InChI is InChI=1S/C17H26N2O3/c1-13-5-4-9-19(12-13)10-8-17(20)18-14-6-7-15(21-2)16(11-14)22-3/h6-7,11,13H,4-5,8-10,12H2,1-3H3,(H,18,20). The first-order chi connectivity index (χ1) is 10.6. The Hall–Kier alpha value is -1.75. The molecule has 22 heavy (non-hydrogen) atoms. The van der Waals surface area contributed by atoms with Gasteiger partial charge in [0.1, 0.15) is 0 Å². The minimum absolute atomic E-state index is 0.0328. The molecule has 1 N–H and O–H groups in total. The molecule has 1 amide bonds. The maximum atomic E-state index is 12.1. The fraction of sp³-hybridized carbons (Fsp3) is 0.588. The molecule has 1 saturated heterocycles. The highest BCUT2D eigenvalue weighted by molar-refractivity contribution is 5.91. The lowest BCUT2D eigenvalue weighted by molar-refractivity contribution is -0.116. The molecule has 0 aliphatic carbocycles. The van der Waals surface area contributed by atoms with Crippen LogP contribution in [-0.2, 0) is 4.79 Å². The summed E-state index contributed by atoms with van der Waals surface area (Å²) in [5.41, 5.74) is 0.731. The van der Waals surface area contributed by atoms with Crippen molar-refractivity contribution in [1.82, 2.24) is 4.90 Å². The van der Waals surface area contributed by atoms with Gasteiger partial charge in [0.15, 0.2) is 11.5 Å². The van der Waals surface area contributed by atoms with Gasteiger partial charge in [0.2, 0.25) is 5.91 Å². The molecule has 122 valence electrons. The zero-order chi connectivity index (χ0) is 15.9. The number of nitrogens with zero attached hydrogens (tertiary/aromatic N) is 1. The van der Waals surface area contributed by atoms with Gasteiger partial charge in [-0.2, -0.15) is 0 Å². The van der Waals surface area contributed by atoms with Crippen LogP contribution in [0.3, 0.4) is 0 Å². The van der Waals surface area contributed by atoms with E-state index in [2.05, 4.69) is 17.1 Å². The fourth-order valence-electron chi connectivity index (χ4n) is 2.89. The van der Waals surface area contributed by atoms with Gasteiger partial charge in [-0.25, -0.2) is 0 Å². The van der Waals surface area contributed by atoms with Crippen molar-refractivity contribution < 1.29 is 14.3 Å². The Bertz CT molecular complexity index is 505. The SMILES string of the molecule is COc1ccc(NC(=O)CCN2CCCC(C)C2)cc1OC. The second kappa shape index (κ2) is 8.03. The summed E-state index contributed by atoms with van der Waals surface area (Å²) in [5, 5.41) is 2.92. The smallest absolute Gasteiger partial charge is 0.225 e. The predicted octanol–water partition coefficient (Wildman–Crippen LogP) is 2.76. The van der Waals surface area contributed by atoms with Crippen LogP contribution in [0.2, 0.25) is 0 Å². The third-order valence-electron chi connectivity index (χ3n) is 4.06. The van der Waals surface area contributed by atoms with Crippen LogP contribution < -0.4 is 14.8 Å². The lowest BCUT2D eigenvalue weighted by atomic mass is 10.0. The van der Waals surface area contributed by atoms with Crippen LogP contribution in [0, 0.1) is 5.92 Å². The van der Waals surface area contributed by atoms with E-state index in [1.165, 1.54) is 12.8 Å². The second-order valence-electron chi connectivity index (χ2n) is 5.92. The summed E-state index contributed by atoms with van der Waals surface area (Å²) in [7, 11) is 3.18. The number of piperidine rings is 1. The summed E-state index contributed by atoms with van der Waals surface area (Å²) >= 11 is 0. The Kier molecular flexibility index (Phi) is 6.07. The van der Waals surface area contributed by atoms with E-state index in [1.54, 1.807) is 26.4 Å². The molecule has 0 aromatic heterocycles. The molecule has 1 aliphatic heterocycles. The van der Waals surface area contributed by atoms with Crippen LogP contribution in [-0.4, -0.2) is 44.7 Å². The van der Waals surface area contributed by atoms with Gasteiger partial charge in [0.25, 0.3) is 0 Å². The number of carbonyl (C=O) groups excluding carboxylic acids is 1. The molecule has 5 nitrogen and oxygen atoms in total. The number of likely N-dealkylation sites (tertiary alicyclic amines) is 1. The Morgan fingerprint density at radius 2 is 2.09 bits per heavy atom. The van der Waals surface area contributed by atoms with Gasteiger partial charge in [0.05, 0.1) is 14.2 Å². The molecule has 1 fully saturated rings. The molecule has 1 aromatic carbocycles. The van der Waals surface area contributed by atoms with Crippen molar-refractivity contribution in [2.24, 2.45) is 5.92 Å². The third kappa shape index (κ3) is 4.63. The number of methoxy groups -OCH3 is 2. The van der Waals surface area contributed by atoms with Crippen LogP contribution in [0.25, 0.3) is 0 Å². The average molecular weight is 306 g/mol. The summed E-state index contributed by atoms with van der Waals surface area (Å²) in [4.78, 5) is 14.5. The number of ether oxygens (including phenoxy) is 2. The number of anilines is 1. The highest BCUT2D eigenvalue weighted by Crippen LogP contribution is 2.29. The number of carbonyl (C=O) groups is 1. The molecule has 0 saturated carbocycles. The van der Waals surface area contributed by atoms with Gasteiger partial charge >= 0.3 is 0 Å². The molecule has 1 atom stereocenters. The summed E-state index contributed by atoms with van der Waals surface area (Å²) in [6, 6.07) is 5.39. The zero-order valence-electron chi connectivity index (χ0n) is 13.7. The molecule has 1 heterocycles. The van der Waals surface area contributed by atoms with Crippen LogP contribution >= 0.6 is 0 Å². The van der Waals surface area contributed by atoms with Crippen molar-refractivity contribution in [2.45, 2.75) is 26.2 Å². The Labute approximate surface area is 132 Å². The summed E-state index contributed by atoms with van der Waals surface area (Å²) < 4.78 is 10.4. The van der Waals surface area contributed by atoms with E-state index < -0.39 is 0 Å². The number of hydrogen-bond acceptors (Lipinski definition) is 4. The number of hydrogen-bond donors (Lipinski definition) is 1. The molecule has 1 aliphatic rings. The van der Waals surface area contributed by atoms with Crippen molar-refractivity contribution in [3.8, 4) is 11.5 Å². The quantitative estimate of drug-likeness (QED) is 0.878. The molecule has 2 rings (SSSR count). The lowest BCUT2D eigenvalue weighted by Gasteiger charge is -2.30. The summed E-state index contributed by atoms with van der Waals surface area (Å²) in [6.45, 7) is 5.30. The topological polar surface area (TPSA) is 50.8 Å². The Morgan fingerprint density at radius 1 is 1.32 bits per heavy atom. The van der Waals surface area contributed by atoms with Gasteiger partial charge in [-0.15, -0.1) is 0 Å².